The molecule has 1 aliphatic heterocycles. The van der Waals surface area contributed by atoms with Crippen molar-refractivity contribution in [3.05, 3.63) is 33.8 Å². The molecule has 3 nitrogen and oxygen atoms in total. The number of rotatable bonds is 1. The number of benzene rings is 1. The smallest absolute Gasteiger partial charge is 0.163 e. The molecular weight excluding hydrogens is 268 g/mol. The molecule has 104 valence electrons. The second-order valence-electron chi connectivity index (χ2n) is 5.68. The zero-order valence-electron chi connectivity index (χ0n) is 12.5. The third-order valence-electron chi connectivity index (χ3n) is 4.17. The minimum atomic E-state index is 0.818. The normalized spacial score (nSPS) is 14.5. The fourth-order valence-corrected chi connectivity index (χ4v) is 3.55. The summed E-state index contributed by atoms with van der Waals surface area (Å²) in [5.41, 5.74) is 6.13. The first kappa shape index (κ1) is 13.6. The highest BCUT2D eigenvalue weighted by molar-refractivity contribution is 6.34. The number of aromatic nitrogens is 2. The van der Waals surface area contributed by atoms with Crippen molar-refractivity contribution in [3.8, 4) is 0 Å². The average molecular weight is 288 g/mol. The molecule has 3 rings (SSSR count). The number of nitrogens with zero attached hydrogens (tertiary/aromatic N) is 3. The quantitative estimate of drug-likeness (QED) is 0.749. The maximum Gasteiger partial charge on any atom is 0.163 e. The number of hydrogen-bond donors (Lipinski definition) is 0. The van der Waals surface area contributed by atoms with Crippen LogP contribution in [0.2, 0.25) is 5.02 Å². The molecule has 1 aromatic heterocycles. The summed E-state index contributed by atoms with van der Waals surface area (Å²) in [7, 11) is 4.15. The van der Waals surface area contributed by atoms with E-state index in [9.17, 15) is 0 Å². The Hall–Kier alpha value is -1.42. The summed E-state index contributed by atoms with van der Waals surface area (Å²) in [5, 5.41) is 5.52. The molecule has 20 heavy (non-hydrogen) atoms. The number of fused-ring (bicyclic) bond motifs is 1. The maximum absolute atomic E-state index is 6.50. The number of hydrogen-bond acceptors (Lipinski definition) is 2. The number of aryl methyl sites for hydroxylation is 3. The van der Waals surface area contributed by atoms with Crippen molar-refractivity contribution in [1.82, 2.24) is 9.78 Å². The molecule has 0 radical (unpaired) electrons. The van der Waals surface area contributed by atoms with Gasteiger partial charge in [0, 0.05) is 19.2 Å². The van der Waals surface area contributed by atoms with Crippen LogP contribution in [0.5, 0.6) is 0 Å². The third-order valence-corrected chi connectivity index (χ3v) is 4.46. The van der Waals surface area contributed by atoms with E-state index in [2.05, 4.69) is 32.7 Å². The van der Waals surface area contributed by atoms with E-state index in [1.807, 2.05) is 17.8 Å². The molecule has 2 aromatic rings. The molecule has 0 unspecified atom stereocenters. The predicted octanol–water partition coefficient (Wildman–Crippen LogP) is 2.03. The Balaban J connectivity index is 2.16. The van der Waals surface area contributed by atoms with Gasteiger partial charge in [0.05, 0.1) is 10.7 Å². The fourth-order valence-electron chi connectivity index (χ4n) is 3.13. The third kappa shape index (κ3) is 2.03. The minimum Gasteiger partial charge on any atom is -0.323 e. The van der Waals surface area contributed by atoms with Crippen LogP contribution >= 0.6 is 11.6 Å². The van der Waals surface area contributed by atoms with Crippen LogP contribution in [0.1, 0.15) is 23.1 Å². The molecule has 0 saturated carbocycles. The largest absolute Gasteiger partial charge is 0.323 e. The Morgan fingerprint density at radius 1 is 1.30 bits per heavy atom. The van der Waals surface area contributed by atoms with E-state index >= 15 is 0 Å². The molecular formula is C15H19BClN3. The van der Waals surface area contributed by atoms with Gasteiger partial charge in [-0.2, -0.15) is 5.10 Å². The molecule has 2 heterocycles. The van der Waals surface area contributed by atoms with Crippen molar-refractivity contribution in [2.45, 2.75) is 26.7 Å². The van der Waals surface area contributed by atoms with E-state index in [-0.39, 0.29) is 0 Å². The summed E-state index contributed by atoms with van der Waals surface area (Å²) in [6.45, 7) is 5.18. The van der Waals surface area contributed by atoms with Gasteiger partial charge in [0.1, 0.15) is 0 Å². The summed E-state index contributed by atoms with van der Waals surface area (Å²) in [4.78, 5) is 2.28. The second-order valence-corrected chi connectivity index (χ2v) is 6.09. The van der Waals surface area contributed by atoms with Gasteiger partial charge < -0.3 is 4.90 Å². The maximum atomic E-state index is 6.50. The van der Waals surface area contributed by atoms with Crippen molar-refractivity contribution >= 4 is 36.5 Å². The second kappa shape index (κ2) is 4.85. The average Bonchev–Trinajstić information content (AvgIpc) is 2.66. The summed E-state index contributed by atoms with van der Waals surface area (Å²) in [6, 6.07) is 4.22. The molecule has 0 saturated heterocycles. The van der Waals surface area contributed by atoms with Gasteiger partial charge in [0.2, 0.25) is 0 Å². The van der Waals surface area contributed by atoms with E-state index < -0.39 is 0 Å². The first-order valence-corrected chi connectivity index (χ1v) is 7.43. The first-order valence-electron chi connectivity index (χ1n) is 7.06. The van der Waals surface area contributed by atoms with E-state index in [0.29, 0.717) is 0 Å². The number of halogens is 1. The standard InChI is InChI=1S/C15H19BClN3/c1-9-7-10(2)13(12(17)8-9)20-6-4-5-11-14(16)19(3)18-15(11)20/h7-8H,4-6,16H2,1-3H3. The SMILES string of the molecule is Bc1c2c(nn1C)N(c1c(C)cc(C)cc1Cl)CCC2. The summed E-state index contributed by atoms with van der Waals surface area (Å²) < 4.78 is 1.97. The minimum absolute atomic E-state index is 0.818. The zero-order valence-corrected chi connectivity index (χ0v) is 13.3. The van der Waals surface area contributed by atoms with E-state index in [1.165, 1.54) is 22.3 Å². The number of anilines is 2. The summed E-state index contributed by atoms with van der Waals surface area (Å²) >= 11 is 6.50. The van der Waals surface area contributed by atoms with Crippen LogP contribution in [-0.2, 0) is 13.5 Å². The topological polar surface area (TPSA) is 21.1 Å². The van der Waals surface area contributed by atoms with Crippen LogP contribution in [0.25, 0.3) is 0 Å². The molecule has 1 aromatic carbocycles. The van der Waals surface area contributed by atoms with Crippen molar-refractivity contribution in [2.75, 3.05) is 11.4 Å². The van der Waals surface area contributed by atoms with E-state index in [1.54, 1.807) is 0 Å². The van der Waals surface area contributed by atoms with Crippen molar-refractivity contribution in [2.24, 2.45) is 7.05 Å². The Kier molecular flexibility index (Phi) is 3.29. The van der Waals surface area contributed by atoms with Crippen LogP contribution in [0, 0.1) is 13.8 Å². The molecule has 1 aliphatic rings. The lowest BCUT2D eigenvalue weighted by Crippen LogP contribution is -2.27. The van der Waals surface area contributed by atoms with Crippen LogP contribution < -0.4 is 10.5 Å². The molecule has 0 bridgehead atoms. The van der Waals surface area contributed by atoms with Gasteiger partial charge in [-0.15, -0.1) is 0 Å². The van der Waals surface area contributed by atoms with Gasteiger partial charge >= 0.3 is 0 Å². The van der Waals surface area contributed by atoms with Crippen molar-refractivity contribution < 1.29 is 0 Å². The van der Waals surface area contributed by atoms with Crippen LogP contribution in [-0.4, -0.2) is 24.2 Å². The Labute approximate surface area is 125 Å². The monoisotopic (exact) mass is 287 g/mol. The van der Waals surface area contributed by atoms with Gasteiger partial charge in [-0.05, 0) is 49.5 Å². The molecule has 0 fully saturated rings. The molecule has 0 N–H and O–H groups in total. The summed E-state index contributed by atoms with van der Waals surface area (Å²) in [5.74, 6) is 1.07. The van der Waals surface area contributed by atoms with E-state index in [0.717, 1.165) is 35.9 Å². The lowest BCUT2D eigenvalue weighted by molar-refractivity contribution is 0.744. The van der Waals surface area contributed by atoms with Gasteiger partial charge in [0.15, 0.2) is 13.7 Å². The lowest BCUT2D eigenvalue weighted by atomic mass is 9.93. The fraction of sp³-hybridized carbons (Fsp3) is 0.400. The highest BCUT2D eigenvalue weighted by Gasteiger charge is 2.26. The molecule has 0 spiro atoms. The van der Waals surface area contributed by atoms with Gasteiger partial charge in [-0.3, -0.25) is 4.68 Å². The van der Waals surface area contributed by atoms with Crippen molar-refractivity contribution in [3.63, 3.8) is 0 Å². The Morgan fingerprint density at radius 3 is 2.75 bits per heavy atom. The van der Waals surface area contributed by atoms with Crippen LogP contribution in [0.4, 0.5) is 11.5 Å². The van der Waals surface area contributed by atoms with Gasteiger partial charge in [0.25, 0.3) is 0 Å². The highest BCUT2D eigenvalue weighted by Crippen LogP contribution is 2.38. The van der Waals surface area contributed by atoms with E-state index in [4.69, 9.17) is 16.7 Å². The molecule has 0 amide bonds. The Morgan fingerprint density at radius 2 is 2.05 bits per heavy atom. The van der Waals surface area contributed by atoms with Gasteiger partial charge in [-0.25, -0.2) is 0 Å². The molecule has 0 atom stereocenters. The lowest BCUT2D eigenvalue weighted by Gasteiger charge is -2.30. The summed E-state index contributed by atoms with van der Waals surface area (Å²) in [6.07, 6.45) is 2.25. The highest BCUT2D eigenvalue weighted by atomic mass is 35.5. The van der Waals surface area contributed by atoms with Gasteiger partial charge in [-0.1, -0.05) is 17.7 Å². The molecule has 0 aliphatic carbocycles. The van der Waals surface area contributed by atoms with Crippen LogP contribution in [0.15, 0.2) is 12.1 Å². The van der Waals surface area contributed by atoms with Crippen LogP contribution in [0.3, 0.4) is 0 Å². The Bertz CT molecular complexity index is 655. The molecule has 5 heteroatoms. The predicted molar refractivity (Wildman–Crippen MR) is 87.6 cm³/mol. The zero-order chi connectivity index (χ0) is 14.4. The van der Waals surface area contributed by atoms with Crippen molar-refractivity contribution in [1.29, 1.82) is 0 Å². The first-order chi connectivity index (χ1) is 9.49.